The van der Waals surface area contributed by atoms with Crippen LogP contribution in [0.5, 0.6) is 0 Å². The average Bonchev–Trinajstić information content (AvgIpc) is 3.50. The van der Waals surface area contributed by atoms with Crippen LogP contribution in [0.2, 0.25) is 0 Å². The van der Waals surface area contributed by atoms with Gasteiger partial charge >= 0.3 is 0 Å². The summed E-state index contributed by atoms with van der Waals surface area (Å²) in [5.74, 6) is 0.195. The van der Waals surface area contributed by atoms with Gasteiger partial charge < -0.3 is 14.4 Å². The summed E-state index contributed by atoms with van der Waals surface area (Å²) >= 11 is 0. The van der Waals surface area contributed by atoms with Gasteiger partial charge in [0.15, 0.2) is 0 Å². The van der Waals surface area contributed by atoms with Gasteiger partial charge in [-0.2, -0.15) is 0 Å². The molecule has 0 N–H and O–H groups in total. The van der Waals surface area contributed by atoms with Gasteiger partial charge in [-0.05, 0) is 65.0 Å². The number of benzene rings is 4. The fourth-order valence-electron chi connectivity index (χ4n) is 5.71. The molecule has 0 aliphatic carbocycles. The van der Waals surface area contributed by atoms with Crippen molar-refractivity contribution in [1.82, 2.24) is 15.0 Å². The molecule has 0 bridgehead atoms. The standard InChI is InChI=1S/C31H23N2O.C12H10N.Ir/c1-20-17-28(32-19-26(20)23-11-7-4-8-12-23)24-13-15-29-25(18-24)31-30(34-29)16-14-27(33-31)21(2)22-9-5-3-6-10-22;1-10-7-8-12(13-9-10)11-5-3-2-4-6-11;/h3-12,14-19,21H,1-2H3;2-5,7-9H,1H3;/q2*-1;. The van der Waals surface area contributed by atoms with Crippen LogP contribution in [0.15, 0.2) is 144 Å². The van der Waals surface area contributed by atoms with Gasteiger partial charge in [0.25, 0.3) is 0 Å². The Morgan fingerprint density at radius 3 is 2.12 bits per heavy atom. The molecular formula is C43H33IrN3O-2. The van der Waals surface area contributed by atoms with Crippen molar-refractivity contribution in [1.29, 1.82) is 0 Å². The molecule has 4 nitrogen and oxygen atoms in total. The summed E-state index contributed by atoms with van der Waals surface area (Å²) in [6, 6.07) is 49.4. The van der Waals surface area contributed by atoms with Crippen LogP contribution in [-0.2, 0) is 20.1 Å². The van der Waals surface area contributed by atoms with Crippen LogP contribution in [0.4, 0.5) is 0 Å². The van der Waals surface area contributed by atoms with Gasteiger partial charge in [-0.3, -0.25) is 0 Å². The van der Waals surface area contributed by atoms with E-state index in [9.17, 15) is 0 Å². The number of pyridine rings is 3. The third kappa shape index (κ3) is 7.03. The molecule has 0 amide bonds. The first-order chi connectivity index (χ1) is 23.0. The summed E-state index contributed by atoms with van der Waals surface area (Å²) in [4.78, 5) is 14.1. The van der Waals surface area contributed by atoms with Gasteiger partial charge in [0, 0.05) is 49.7 Å². The van der Waals surface area contributed by atoms with E-state index in [4.69, 9.17) is 14.4 Å². The smallest absolute Gasteiger partial charge is 0.139 e. The van der Waals surface area contributed by atoms with E-state index in [1.165, 1.54) is 22.3 Å². The Balaban J connectivity index is 0.000000241. The van der Waals surface area contributed by atoms with Gasteiger partial charge in [0.1, 0.15) is 5.58 Å². The SMILES string of the molecule is Cc1cc(-c2[c-]cc3oc4ccc(C(C)c5ccccc5)nc4c3c2)ncc1-c1ccccc1.Cc1ccc(-c2[c-]cccc2)nc1.[Ir]. The minimum Gasteiger partial charge on any atom is -0.499 e. The summed E-state index contributed by atoms with van der Waals surface area (Å²) in [6.07, 6.45) is 3.82. The maximum atomic E-state index is 6.07. The molecule has 8 rings (SSSR count). The molecular weight excluding hydrogens is 767 g/mol. The molecule has 5 heteroatoms. The Labute approximate surface area is 294 Å². The molecule has 1 unspecified atom stereocenters. The molecule has 4 aromatic heterocycles. The summed E-state index contributed by atoms with van der Waals surface area (Å²) in [6.45, 7) is 6.34. The molecule has 0 saturated heterocycles. The van der Waals surface area contributed by atoms with Crippen molar-refractivity contribution in [2.45, 2.75) is 26.7 Å². The van der Waals surface area contributed by atoms with Crippen LogP contribution in [-0.4, -0.2) is 15.0 Å². The minimum atomic E-state index is 0. The number of furan rings is 1. The number of rotatable bonds is 5. The second-order valence-electron chi connectivity index (χ2n) is 11.7. The molecule has 0 aliphatic heterocycles. The molecule has 48 heavy (non-hydrogen) atoms. The minimum absolute atomic E-state index is 0. The second-order valence-corrected chi connectivity index (χ2v) is 11.7. The van der Waals surface area contributed by atoms with E-state index in [0.29, 0.717) is 0 Å². The largest absolute Gasteiger partial charge is 0.499 e. The van der Waals surface area contributed by atoms with Gasteiger partial charge in [0.05, 0.1) is 11.1 Å². The van der Waals surface area contributed by atoms with Gasteiger partial charge in [-0.15, -0.1) is 59.7 Å². The summed E-state index contributed by atoms with van der Waals surface area (Å²) in [5.41, 5.74) is 13.2. The first kappa shape index (κ1) is 32.7. The van der Waals surface area contributed by atoms with E-state index >= 15 is 0 Å². The molecule has 4 heterocycles. The Morgan fingerprint density at radius 2 is 1.42 bits per heavy atom. The number of hydrogen-bond donors (Lipinski definition) is 0. The van der Waals surface area contributed by atoms with E-state index < -0.39 is 0 Å². The molecule has 1 radical (unpaired) electrons. The van der Waals surface area contributed by atoms with Crippen molar-refractivity contribution in [3.8, 4) is 33.6 Å². The van der Waals surface area contributed by atoms with Crippen molar-refractivity contribution >= 4 is 22.1 Å². The maximum absolute atomic E-state index is 6.07. The Morgan fingerprint density at radius 1 is 0.667 bits per heavy atom. The van der Waals surface area contributed by atoms with Crippen LogP contribution in [0.3, 0.4) is 0 Å². The Hall–Kier alpha value is -5.22. The zero-order valence-electron chi connectivity index (χ0n) is 26.9. The fourth-order valence-corrected chi connectivity index (χ4v) is 5.71. The van der Waals surface area contributed by atoms with Crippen LogP contribution in [0.25, 0.3) is 55.7 Å². The molecule has 4 aromatic carbocycles. The predicted octanol–water partition coefficient (Wildman–Crippen LogP) is 10.8. The molecule has 0 saturated carbocycles. The monoisotopic (exact) mass is 800 g/mol. The van der Waals surface area contributed by atoms with Crippen molar-refractivity contribution < 1.29 is 24.5 Å². The number of aryl methyl sites for hydroxylation is 2. The molecule has 0 fully saturated rings. The van der Waals surface area contributed by atoms with Crippen LogP contribution >= 0.6 is 0 Å². The van der Waals surface area contributed by atoms with Crippen molar-refractivity contribution in [2.75, 3.05) is 0 Å². The third-order valence-corrected chi connectivity index (χ3v) is 8.38. The topological polar surface area (TPSA) is 51.8 Å². The quantitative estimate of drug-likeness (QED) is 0.163. The van der Waals surface area contributed by atoms with Gasteiger partial charge in [-0.1, -0.05) is 85.8 Å². The van der Waals surface area contributed by atoms with E-state index in [0.717, 1.165) is 55.8 Å². The fraction of sp³-hybridized carbons (Fsp3) is 0.0930. The van der Waals surface area contributed by atoms with E-state index in [1.54, 1.807) is 0 Å². The molecule has 0 spiro atoms. The average molecular weight is 800 g/mol. The summed E-state index contributed by atoms with van der Waals surface area (Å²) < 4.78 is 6.07. The maximum Gasteiger partial charge on any atom is 0.139 e. The van der Waals surface area contributed by atoms with Crippen molar-refractivity contribution in [3.05, 3.63) is 174 Å². The zero-order chi connectivity index (χ0) is 32.2. The second kappa shape index (κ2) is 14.7. The van der Waals surface area contributed by atoms with Crippen molar-refractivity contribution in [2.24, 2.45) is 0 Å². The van der Waals surface area contributed by atoms with E-state index in [1.807, 2.05) is 86.0 Å². The van der Waals surface area contributed by atoms with Gasteiger partial charge in [-0.25, -0.2) is 4.98 Å². The summed E-state index contributed by atoms with van der Waals surface area (Å²) in [5, 5.41) is 0.984. The van der Waals surface area contributed by atoms with Crippen LogP contribution in [0.1, 0.15) is 35.2 Å². The van der Waals surface area contributed by atoms with Crippen LogP contribution in [0, 0.1) is 26.0 Å². The summed E-state index contributed by atoms with van der Waals surface area (Å²) in [7, 11) is 0. The molecule has 8 aromatic rings. The Bertz CT molecular complexity index is 2270. The van der Waals surface area contributed by atoms with E-state index in [2.05, 4.69) is 91.6 Å². The van der Waals surface area contributed by atoms with E-state index in [-0.39, 0.29) is 26.0 Å². The number of fused-ring (bicyclic) bond motifs is 3. The Kier molecular flexibility index (Phi) is 10.0. The first-order valence-corrected chi connectivity index (χ1v) is 15.8. The first-order valence-electron chi connectivity index (χ1n) is 15.8. The number of nitrogens with zero attached hydrogens (tertiary/aromatic N) is 3. The van der Waals surface area contributed by atoms with Crippen molar-refractivity contribution in [3.63, 3.8) is 0 Å². The zero-order valence-corrected chi connectivity index (χ0v) is 29.3. The van der Waals surface area contributed by atoms with Gasteiger partial charge in [0.2, 0.25) is 0 Å². The molecule has 1 atom stereocenters. The molecule has 0 aliphatic rings. The predicted molar refractivity (Wildman–Crippen MR) is 191 cm³/mol. The molecule has 237 valence electrons. The number of hydrogen-bond acceptors (Lipinski definition) is 4. The normalized spacial score (nSPS) is 11.4. The number of aromatic nitrogens is 3. The third-order valence-electron chi connectivity index (χ3n) is 8.38. The van der Waals surface area contributed by atoms with Crippen LogP contribution < -0.4 is 0 Å².